The van der Waals surface area contributed by atoms with Gasteiger partial charge in [0, 0.05) is 13.1 Å². The highest BCUT2D eigenvalue weighted by molar-refractivity contribution is 6.31. The second-order valence-corrected chi connectivity index (χ2v) is 10.8. The minimum atomic E-state index is -4.85. The van der Waals surface area contributed by atoms with E-state index in [2.05, 4.69) is 0 Å². The first-order valence-corrected chi connectivity index (χ1v) is 12.4. The highest BCUT2D eigenvalue weighted by atomic mass is 35.5. The Kier molecular flexibility index (Phi) is 9.05. The Morgan fingerprint density at radius 1 is 0.795 bits per heavy atom. The molecule has 0 saturated carbocycles. The van der Waals surface area contributed by atoms with Crippen LogP contribution in [0.15, 0.2) is 60.7 Å². The van der Waals surface area contributed by atoms with Crippen molar-refractivity contribution in [2.75, 3.05) is 6.54 Å². The molecule has 0 saturated heterocycles. The van der Waals surface area contributed by atoms with Gasteiger partial charge in [-0.3, -0.25) is 4.79 Å². The summed E-state index contributed by atoms with van der Waals surface area (Å²) >= 11 is 5.70. The lowest BCUT2D eigenvalue weighted by molar-refractivity contribution is -0.137. The largest absolute Gasteiger partial charge is 0.416 e. The maximum atomic E-state index is 14.8. The Bertz CT molecular complexity index is 1290. The van der Waals surface area contributed by atoms with Gasteiger partial charge in [0.2, 0.25) is 0 Å². The zero-order valence-corrected chi connectivity index (χ0v) is 22.2. The Morgan fingerprint density at radius 3 is 1.85 bits per heavy atom. The van der Waals surface area contributed by atoms with E-state index in [0.29, 0.717) is 23.3 Å². The van der Waals surface area contributed by atoms with E-state index >= 15 is 0 Å². The van der Waals surface area contributed by atoms with Gasteiger partial charge in [0.15, 0.2) is 5.82 Å². The Hall–Kier alpha value is -3.07. The monoisotopic (exact) mass is 573 g/mol. The van der Waals surface area contributed by atoms with Crippen LogP contribution in [0.25, 0.3) is 0 Å². The topological polar surface area (TPSA) is 20.3 Å². The second-order valence-electron chi connectivity index (χ2n) is 10.3. The summed E-state index contributed by atoms with van der Waals surface area (Å²) in [6.45, 7) is 6.00. The minimum Gasteiger partial charge on any atom is -0.334 e. The van der Waals surface area contributed by atoms with Crippen molar-refractivity contribution in [1.82, 2.24) is 4.90 Å². The van der Waals surface area contributed by atoms with E-state index in [-0.39, 0.29) is 30.5 Å². The first-order valence-electron chi connectivity index (χ1n) is 12.0. The number of carbonyl (C=O) groups excluding carboxylic acids is 1. The summed E-state index contributed by atoms with van der Waals surface area (Å²) in [7, 11) is 0. The SMILES string of the molecule is CC(C)(C)c1ccc(CN(CCc2ccc(CC(F)(F)F)cc2)C(=O)c2cc(C(F)(F)F)cc(Cl)c2F)cc1. The van der Waals surface area contributed by atoms with Gasteiger partial charge < -0.3 is 4.90 Å². The molecule has 0 atom stereocenters. The molecular weight excluding hydrogens is 547 g/mol. The van der Waals surface area contributed by atoms with Crippen LogP contribution in [0.5, 0.6) is 0 Å². The van der Waals surface area contributed by atoms with Gasteiger partial charge in [-0.25, -0.2) is 4.39 Å². The van der Waals surface area contributed by atoms with Crippen LogP contribution in [0, 0.1) is 5.82 Å². The van der Waals surface area contributed by atoms with Crippen molar-refractivity contribution in [2.24, 2.45) is 0 Å². The van der Waals surface area contributed by atoms with E-state index < -0.39 is 46.6 Å². The number of hydrogen-bond acceptors (Lipinski definition) is 1. The third-order valence-corrected chi connectivity index (χ3v) is 6.44. The molecule has 0 N–H and O–H groups in total. The van der Waals surface area contributed by atoms with E-state index in [1.165, 1.54) is 29.2 Å². The van der Waals surface area contributed by atoms with E-state index in [9.17, 15) is 35.5 Å². The number of carbonyl (C=O) groups is 1. The van der Waals surface area contributed by atoms with Crippen LogP contribution < -0.4 is 0 Å². The van der Waals surface area contributed by atoms with Gasteiger partial charge in [-0.1, -0.05) is 80.9 Å². The summed E-state index contributed by atoms with van der Waals surface area (Å²) < 4.78 is 92.8. The summed E-state index contributed by atoms with van der Waals surface area (Å²) in [4.78, 5) is 14.6. The highest BCUT2D eigenvalue weighted by Crippen LogP contribution is 2.34. The van der Waals surface area contributed by atoms with E-state index in [0.717, 1.165) is 5.56 Å². The number of halogens is 8. The Labute approximate surface area is 227 Å². The molecule has 1 amide bonds. The summed E-state index contributed by atoms with van der Waals surface area (Å²) in [5.41, 5.74) is 0.149. The van der Waals surface area contributed by atoms with Crippen LogP contribution in [0.1, 0.15) is 58.9 Å². The lowest BCUT2D eigenvalue weighted by Crippen LogP contribution is -2.33. The molecule has 10 heteroatoms. The van der Waals surface area contributed by atoms with Crippen molar-refractivity contribution in [3.63, 3.8) is 0 Å². The third kappa shape index (κ3) is 8.46. The van der Waals surface area contributed by atoms with Crippen LogP contribution in [-0.2, 0) is 31.0 Å². The quantitative estimate of drug-likeness (QED) is 0.259. The van der Waals surface area contributed by atoms with Gasteiger partial charge in [0.1, 0.15) is 0 Å². The van der Waals surface area contributed by atoms with Crippen molar-refractivity contribution in [1.29, 1.82) is 0 Å². The predicted octanol–water partition coefficient (Wildman–Crippen LogP) is 8.79. The van der Waals surface area contributed by atoms with E-state index in [4.69, 9.17) is 11.6 Å². The van der Waals surface area contributed by atoms with Gasteiger partial charge in [-0.2, -0.15) is 26.3 Å². The maximum Gasteiger partial charge on any atom is 0.416 e. The molecule has 0 heterocycles. The van der Waals surface area contributed by atoms with Gasteiger partial charge in [-0.15, -0.1) is 0 Å². The molecule has 0 spiro atoms. The maximum absolute atomic E-state index is 14.8. The molecule has 210 valence electrons. The zero-order chi connectivity index (χ0) is 29.2. The molecule has 0 radical (unpaired) electrons. The third-order valence-electron chi connectivity index (χ3n) is 6.16. The van der Waals surface area contributed by atoms with Crippen LogP contribution in [0.3, 0.4) is 0 Å². The average Bonchev–Trinajstić information content (AvgIpc) is 2.82. The fourth-order valence-corrected chi connectivity index (χ4v) is 4.20. The van der Waals surface area contributed by atoms with Gasteiger partial charge >= 0.3 is 12.4 Å². The number of benzene rings is 3. The predicted molar refractivity (Wildman–Crippen MR) is 136 cm³/mol. The lowest BCUT2D eigenvalue weighted by Gasteiger charge is -2.25. The second kappa shape index (κ2) is 11.6. The molecule has 0 unspecified atom stereocenters. The molecule has 0 fully saturated rings. The van der Waals surface area contributed by atoms with Crippen molar-refractivity contribution in [3.8, 4) is 0 Å². The van der Waals surface area contributed by atoms with Crippen LogP contribution >= 0.6 is 11.6 Å². The fourth-order valence-electron chi connectivity index (χ4n) is 3.98. The number of rotatable bonds is 7. The van der Waals surface area contributed by atoms with Gasteiger partial charge in [0.05, 0.1) is 22.6 Å². The number of nitrogens with zero attached hydrogens (tertiary/aromatic N) is 1. The first-order chi connectivity index (χ1) is 17.9. The summed E-state index contributed by atoms with van der Waals surface area (Å²) in [5, 5.41) is -0.831. The van der Waals surface area contributed by atoms with E-state index in [1.54, 1.807) is 12.1 Å². The molecule has 0 aliphatic heterocycles. The van der Waals surface area contributed by atoms with Crippen LogP contribution in [0.2, 0.25) is 5.02 Å². The van der Waals surface area contributed by atoms with Crippen molar-refractivity contribution < 1.29 is 35.5 Å². The molecule has 0 aliphatic rings. The van der Waals surface area contributed by atoms with Crippen molar-refractivity contribution in [3.05, 3.63) is 105 Å². The standard InChI is InChI=1S/C29H27ClF7NO/c1-27(2,3)21-10-8-20(9-11-21)17-38(13-12-18-4-6-19(7-5-18)16-28(32,33)34)26(39)23-14-22(29(35,36)37)15-24(30)25(23)31/h4-11,14-15H,12-13,16-17H2,1-3H3. The molecular formula is C29H27ClF7NO. The van der Waals surface area contributed by atoms with Gasteiger partial charge in [0.25, 0.3) is 5.91 Å². The first kappa shape index (κ1) is 30.5. The number of alkyl halides is 6. The Morgan fingerprint density at radius 2 is 1.33 bits per heavy atom. The number of amides is 1. The summed E-state index contributed by atoms with van der Waals surface area (Å²) in [5.74, 6) is -2.26. The number of hydrogen-bond donors (Lipinski definition) is 0. The fraction of sp³-hybridized carbons (Fsp3) is 0.345. The summed E-state index contributed by atoms with van der Waals surface area (Å²) in [6.07, 6.45) is -10.1. The smallest absolute Gasteiger partial charge is 0.334 e. The molecule has 0 aromatic heterocycles. The average molecular weight is 574 g/mol. The molecule has 3 aromatic carbocycles. The lowest BCUT2D eigenvalue weighted by atomic mass is 9.87. The van der Waals surface area contributed by atoms with Crippen molar-refractivity contribution in [2.45, 2.75) is 57.9 Å². The highest BCUT2D eigenvalue weighted by Gasteiger charge is 2.34. The molecule has 0 bridgehead atoms. The van der Waals surface area contributed by atoms with Crippen LogP contribution in [0.4, 0.5) is 30.7 Å². The molecule has 2 nitrogen and oxygen atoms in total. The van der Waals surface area contributed by atoms with Gasteiger partial charge in [-0.05, 0) is 46.2 Å². The zero-order valence-electron chi connectivity index (χ0n) is 21.5. The molecule has 0 aliphatic carbocycles. The normalized spacial score (nSPS) is 12.5. The molecule has 3 rings (SSSR count). The van der Waals surface area contributed by atoms with Crippen molar-refractivity contribution >= 4 is 17.5 Å². The minimum absolute atomic E-state index is 0.0359. The van der Waals surface area contributed by atoms with Crippen LogP contribution in [-0.4, -0.2) is 23.5 Å². The summed E-state index contributed by atoms with van der Waals surface area (Å²) in [6, 6.07) is 13.8. The molecule has 3 aromatic rings. The van der Waals surface area contributed by atoms with E-state index in [1.807, 2.05) is 32.9 Å². The Balaban J connectivity index is 1.91. The molecule has 39 heavy (non-hydrogen) atoms.